The Hall–Kier alpha value is -3.29. The lowest BCUT2D eigenvalue weighted by atomic mass is 9.98. The van der Waals surface area contributed by atoms with Gasteiger partial charge in [0.15, 0.2) is 0 Å². The maximum atomic E-state index is 12.8. The molecule has 2 aromatic heterocycles. The molecule has 3 aromatic rings. The summed E-state index contributed by atoms with van der Waals surface area (Å²) >= 11 is 0. The van der Waals surface area contributed by atoms with Crippen molar-refractivity contribution in [2.45, 2.75) is 38.2 Å². The number of ether oxygens (including phenoxy) is 1. The Morgan fingerprint density at radius 1 is 1.09 bits per heavy atom. The number of carboxylic acid groups (broad SMARTS) is 1. The Kier molecular flexibility index (Phi) is 9.59. The number of H-pyrrole nitrogens is 1. The fraction of sp³-hybridized carbons (Fsp3) is 0.333. The number of benzene rings is 1. The van der Waals surface area contributed by atoms with Gasteiger partial charge in [-0.1, -0.05) is 0 Å². The largest absolute Gasteiger partial charge is 0.490 e. The van der Waals surface area contributed by atoms with E-state index < -0.39 is 77.8 Å². The first-order valence-electron chi connectivity index (χ1n) is 12.2. The van der Waals surface area contributed by atoms with Gasteiger partial charge < -0.3 is 44.7 Å². The number of aryl methyl sites for hydroxylation is 1. The van der Waals surface area contributed by atoms with Crippen LogP contribution in [-0.4, -0.2) is 64.1 Å². The summed E-state index contributed by atoms with van der Waals surface area (Å²) in [4.78, 5) is 87.2. The number of anilines is 1. The number of aliphatic carboxylic acids is 1. The predicted octanol–water partition coefficient (Wildman–Crippen LogP) is -0.181. The lowest BCUT2D eigenvalue weighted by Gasteiger charge is -2.19. The van der Waals surface area contributed by atoms with Crippen LogP contribution in [0.5, 0.6) is 0 Å². The third kappa shape index (κ3) is 8.11. The van der Waals surface area contributed by atoms with Gasteiger partial charge in [-0.15, -0.1) is 0 Å². The fourth-order valence-corrected chi connectivity index (χ4v) is 7.47. The molecule has 1 aliphatic heterocycles. The van der Waals surface area contributed by atoms with Crippen LogP contribution in [-0.2, 0) is 42.8 Å². The van der Waals surface area contributed by atoms with E-state index in [1.165, 1.54) is 19.1 Å². The van der Waals surface area contributed by atoms with Crippen molar-refractivity contribution < 1.29 is 70.6 Å². The number of fused-ring (bicyclic) bond motifs is 1. The average molecular weight is 699 g/mol. The topological polar surface area (TPSA) is 338 Å². The molecule has 0 spiro atoms. The van der Waals surface area contributed by atoms with Crippen LogP contribution >= 0.6 is 23.5 Å². The van der Waals surface area contributed by atoms with Crippen molar-refractivity contribution in [1.82, 2.24) is 9.55 Å². The molecule has 1 aliphatic rings. The second-order valence-corrected chi connectivity index (χ2v) is 13.9. The molecule has 45 heavy (non-hydrogen) atoms. The lowest BCUT2D eigenvalue weighted by Crippen LogP contribution is -2.33. The monoisotopic (exact) mass is 699 g/mol. The van der Waals surface area contributed by atoms with Crippen molar-refractivity contribution in [3.63, 3.8) is 0 Å². The summed E-state index contributed by atoms with van der Waals surface area (Å²) < 4.78 is 57.5. The number of aliphatic hydroxyl groups excluding tert-OH is 1. The average Bonchev–Trinajstić information content (AvgIpc) is 3.23. The molecule has 24 heteroatoms. The first-order chi connectivity index (χ1) is 20.7. The molecule has 0 aliphatic carbocycles. The third-order valence-electron chi connectivity index (χ3n) is 6.38. The van der Waals surface area contributed by atoms with Crippen LogP contribution < -0.4 is 22.6 Å². The highest BCUT2D eigenvalue weighted by atomic mass is 31.3. The number of carboxylic acids is 1. The minimum Gasteiger partial charge on any atom is -0.481 e. The molecule has 246 valence electrons. The van der Waals surface area contributed by atoms with E-state index in [-0.39, 0.29) is 45.3 Å². The van der Waals surface area contributed by atoms with Crippen molar-refractivity contribution in [3.05, 3.63) is 60.7 Å². The maximum absolute atomic E-state index is 12.8. The molecule has 4 rings (SSSR count). The van der Waals surface area contributed by atoms with E-state index in [1.807, 2.05) is 0 Å². The number of nitrogens with two attached hydrogens (primary N) is 1. The summed E-state index contributed by atoms with van der Waals surface area (Å²) in [6.45, 7) is 0.464. The minimum absolute atomic E-state index is 0.00118. The van der Waals surface area contributed by atoms with Crippen molar-refractivity contribution >= 4 is 46.1 Å². The fourth-order valence-electron chi connectivity index (χ4n) is 4.44. The van der Waals surface area contributed by atoms with E-state index in [0.717, 1.165) is 10.8 Å². The number of nitrogens with zero attached hydrogens (tertiary/aromatic N) is 1. The van der Waals surface area contributed by atoms with Crippen LogP contribution in [0.25, 0.3) is 22.1 Å². The van der Waals surface area contributed by atoms with E-state index in [1.54, 1.807) is 0 Å². The second kappa shape index (κ2) is 12.5. The Balaban J connectivity index is 1.61. The van der Waals surface area contributed by atoms with Gasteiger partial charge in [-0.3, -0.25) is 23.7 Å². The van der Waals surface area contributed by atoms with E-state index in [0.29, 0.717) is 0 Å². The molecule has 1 aromatic carbocycles. The molecular formula is C21H24N3O18P3. The molecular weight excluding hydrogens is 675 g/mol. The highest BCUT2D eigenvalue weighted by Gasteiger charge is 2.43. The summed E-state index contributed by atoms with van der Waals surface area (Å²) in [5, 5.41) is 19.8. The van der Waals surface area contributed by atoms with Crippen molar-refractivity contribution in [3.8, 4) is 11.1 Å². The number of nitrogens with one attached hydrogen (secondary N) is 1. The van der Waals surface area contributed by atoms with E-state index in [9.17, 15) is 47.8 Å². The number of rotatable bonds is 11. The highest BCUT2D eigenvalue weighted by molar-refractivity contribution is 7.66. The highest BCUT2D eigenvalue weighted by Crippen LogP contribution is 2.66. The van der Waals surface area contributed by atoms with Crippen LogP contribution in [0.15, 0.2) is 37.1 Å². The van der Waals surface area contributed by atoms with Gasteiger partial charge in [0.25, 0.3) is 5.56 Å². The Morgan fingerprint density at radius 3 is 2.38 bits per heavy atom. The van der Waals surface area contributed by atoms with Gasteiger partial charge in [-0.25, -0.2) is 23.3 Å². The molecule has 21 nitrogen and oxygen atoms in total. The number of nitrogen functional groups attached to an aromatic ring is 1. The molecule has 0 saturated carbocycles. The number of hydrogen-bond donors (Lipinski definition) is 8. The molecule has 5 atom stereocenters. The number of carbonyl (C=O) groups is 1. The summed E-state index contributed by atoms with van der Waals surface area (Å²) in [5.74, 6) is -1.29. The Labute approximate surface area is 248 Å². The van der Waals surface area contributed by atoms with Crippen molar-refractivity contribution in [2.75, 3.05) is 12.3 Å². The quantitative estimate of drug-likeness (QED) is 0.0730. The third-order valence-corrected chi connectivity index (χ3v) is 10.2. The molecule has 0 radical (unpaired) electrons. The Bertz CT molecular complexity index is 2000. The molecule has 9 N–H and O–H groups in total. The predicted molar refractivity (Wildman–Crippen MR) is 148 cm³/mol. The number of aliphatic hydroxyl groups is 1. The van der Waals surface area contributed by atoms with Crippen LogP contribution in [0.2, 0.25) is 0 Å². The molecule has 1 fully saturated rings. The van der Waals surface area contributed by atoms with E-state index >= 15 is 0 Å². The second-order valence-electron chi connectivity index (χ2n) is 9.53. The SMILES string of the molecule is Cc1c(CC(=O)O)c(=O)oc2cc(N)c(-c3cn([C@H]4C[C@H](O)[C@@H](COP(=O)(O)OP(=O)(O)OP(=O)(O)O)O4)c(=O)[nH]c3=O)cc12. The lowest BCUT2D eigenvalue weighted by molar-refractivity contribution is -0.136. The van der Waals surface area contributed by atoms with E-state index in [4.69, 9.17) is 29.8 Å². The molecule has 2 unspecified atom stereocenters. The number of hydrogen-bond acceptors (Lipinski definition) is 14. The Morgan fingerprint density at radius 2 is 1.76 bits per heavy atom. The van der Waals surface area contributed by atoms with Gasteiger partial charge in [0.1, 0.15) is 17.9 Å². The van der Waals surface area contributed by atoms with Gasteiger partial charge in [0.05, 0.1) is 30.3 Å². The zero-order valence-electron chi connectivity index (χ0n) is 22.5. The zero-order chi connectivity index (χ0) is 33.6. The summed E-state index contributed by atoms with van der Waals surface area (Å²) in [6, 6.07) is 2.58. The number of aromatic amines is 1. The van der Waals surface area contributed by atoms with Crippen molar-refractivity contribution in [1.29, 1.82) is 0 Å². The maximum Gasteiger partial charge on any atom is 0.490 e. The van der Waals surface area contributed by atoms with Gasteiger partial charge >= 0.3 is 40.8 Å². The molecule has 3 heterocycles. The summed E-state index contributed by atoms with van der Waals surface area (Å²) in [7, 11) is -17.0. The van der Waals surface area contributed by atoms with Crippen molar-refractivity contribution in [2.24, 2.45) is 0 Å². The number of aromatic nitrogens is 2. The van der Waals surface area contributed by atoms with Crippen LogP contribution in [0.3, 0.4) is 0 Å². The number of phosphoric ester groups is 1. The van der Waals surface area contributed by atoms with E-state index in [2.05, 4.69) is 18.1 Å². The molecule has 1 saturated heterocycles. The number of phosphoric acid groups is 3. The van der Waals surface area contributed by atoms with Gasteiger partial charge in [0, 0.05) is 35.3 Å². The van der Waals surface area contributed by atoms with Crippen LogP contribution in [0.1, 0.15) is 23.8 Å². The summed E-state index contributed by atoms with van der Waals surface area (Å²) in [6.07, 6.45) is -4.26. The molecule has 0 amide bonds. The summed E-state index contributed by atoms with van der Waals surface area (Å²) in [5.41, 5.74) is 3.17. The first-order valence-corrected chi connectivity index (χ1v) is 16.7. The first kappa shape index (κ1) is 34.6. The smallest absolute Gasteiger partial charge is 0.481 e. The van der Waals surface area contributed by atoms with Crippen LogP contribution in [0.4, 0.5) is 5.69 Å². The van der Waals surface area contributed by atoms with Gasteiger partial charge in [0.2, 0.25) is 0 Å². The normalized spacial score (nSPS) is 21.4. The minimum atomic E-state index is -5.79. The van der Waals surface area contributed by atoms with Crippen LogP contribution in [0, 0.1) is 6.92 Å². The zero-order valence-corrected chi connectivity index (χ0v) is 25.2. The standard InChI is InChI=1S/C21H24N3O18P3/c1-8-9-2-11(13(22)4-15(9)40-20(29)10(8)3-18(26)27)12-6-24(21(30)23-19(12)28)17-5-14(25)16(39-17)7-38-44(34,35)42-45(36,37)41-43(31,32)33/h2,4,6,14,16-17,25H,3,5,7,22H2,1H3,(H,26,27)(H,34,35)(H,36,37)(H,23,28,30)(H2,31,32,33)/t14-,16+,17+/m0/s1. The van der Waals surface area contributed by atoms with Gasteiger partial charge in [-0.05, 0) is 18.6 Å². The molecule has 0 bridgehead atoms. The van der Waals surface area contributed by atoms with Gasteiger partial charge in [-0.2, -0.15) is 8.62 Å².